The third-order valence-corrected chi connectivity index (χ3v) is 5.23. The zero-order valence-electron chi connectivity index (χ0n) is 14.6. The number of aromatic nitrogens is 3. The molecule has 25 heavy (non-hydrogen) atoms. The average Bonchev–Trinajstić information content (AvgIpc) is 3.05. The Balaban J connectivity index is 1.59. The maximum atomic E-state index is 11.3. The van der Waals surface area contributed by atoms with Crippen LogP contribution in [0.1, 0.15) is 32.4 Å². The van der Waals surface area contributed by atoms with Crippen molar-refractivity contribution in [3.8, 4) is 11.1 Å². The van der Waals surface area contributed by atoms with Crippen molar-refractivity contribution in [2.45, 2.75) is 45.8 Å². The van der Waals surface area contributed by atoms with Gasteiger partial charge in [-0.2, -0.15) is 5.10 Å². The minimum atomic E-state index is -0.240. The van der Waals surface area contributed by atoms with Gasteiger partial charge in [0.25, 0.3) is 0 Å². The summed E-state index contributed by atoms with van der Waals surface area (Å²) in [6.07, 6.45) is 5.79. The monoisotopic (exact) mass is 341 g/mol. The van der Waals surface area contributed by atoms with Gasteiger partial charge in [-0.15, -0.1) is 4.91 Å². The predicted octanol–water partition coefficient (Wildman–Crippen LogP) is 2.79. The topological polar surface area (TPSA) is 83.6 Å². The molecule has 0 aromatic carbocycles. The number of hydrogen-bond acceptors (Lipinski definition) is 5. The van der Waals surface area contributed by atoms with E-state index in [4.69, 9.17) is 0 Å². The Morgan fingerprint density at radius 1 is 1.44 bits per heavy atom. The molecule has 1 aliphatic carbocycles. The molecule has 0 saturated heterocycles. The van der Waals surface area contributed by atoms with Crippen molar-refractivity contribution in [2.75, 3.05) is 11.6 Å². The number of pyridine rings is 1. The molecule has 0 bridgehead atoms. The Labute approximate surface area is 146 Å². The second-order valence-corrected chi connectivity index (χ2v) is 8.06. The van der Waals surface area contributed by atoms with E-state index < -0.39 is 0 Å². The van der Waals surface area contributed by atoms with E-state index in [9.17, 15) is 10.0 Å². The highest BCUT2D eigenvalue weighted by Crippen LogP contribution is 2.37. The number of aliphatic hydroxyl groups excluding tert-OH is 1. The van der Waals surface area contributed by atoms with Gasteiger partial charge in [0, 0.05) is 30.5 Å². The van der Waals surface area contributed by atoms with E-state index in [2.05, 4.69) is 33.9 Å². The third-order valence-electron chi connectivity index (χ3n) is 5.23. The molecular formula is C18H23N5O2. The Morgan fingerprint density at radius 2 is 2.24 bits per heavy atom. The molecule has 132 valence electrons. The van der Waals surface area contributed by atoms with Crippen molar-refractivity contribution in [3.63, 3.8) is 0 Å². The van der Waals surface area contributed by atoms with Crippen LogP contribution in [-0.4, -0.2) is 32.5 Å². The van der Waals surface area contributed by atoms with E-state index in [1.807, 2.05) is 18.3 Å². The van der Waals surface area contributed by atoms with Crippen LogP contribution in [0, 0.1) is 16.2 Å². The number of rotatable bonds is 5. The first-order chi connectivity index (χ1) is 11.9. The number of fused-ring (bicyclic) bond motifs is 1. The van der Waals surface area contributed by atoms with Gasteiger partial charge in [0.05, 0.1) is 17.6 Å². The fraction of sp³-hybridized carbons (Fsp3) is 0.556. The maximum absolute atomic E-state index is 11.3. The summed E-state index contributed by atoms with van der Waals surface area (Å²) in [5, 5.41) is 18.5. The first-order valence-corrected chi connectivity index (χ1v) is 8.75. The molecule has 2 aromatic rings. The van der Waals surface area contributed by atoms with E-state index in [1.54, 1.807) is 6.20 Å². The van der Waals surface area contributed by atoms with Gasteiger partial charge in [-0.3, -0.25) is 4.68 Å². The minimum absolute atomic E-state index is 0.218. The second kappa shape index (κ2) is 5.91. The van der Waals surface area contributed by atoms with E-state index in [-0.39, 0.29) is 11.5 Å². The van der Waals surface area contributed by atoms with Gasteiger partial charge in [-0.1, -0.05) is 13.8 Å². The first kappa shape index (κ1) is 16.2. The van der Waals surface area contributed by atoms with Crippen LogP contribution in [0.3, 0.4) is 0 Å². The molecule has 1 fully saturated rings. The summed E-state index contributed by atoms with van der Waals surface area (Å²) < 4.78 is 2.07. The van der Waals surface area contributed by atoms with E-state index in [0.717, 1.165) is 36.9 Å². The van der Waals surface area contributed by atoms with Gasteiger partial charge in [0.2, 0.25) is 0 Å². The third kappa shape index (κ3) is 3.04. The molecular weight excluding hydrogens is 318 g/mol. The summed E-state index contributed by atoms with van der Waals surface area (Å²) in [7, 11) is 0. The molecule has 1 aliphatic heterocycles. The first-order valence-electron chi connectivity index (χ1n) is 8.75. The quantitative estimate of drug-likeness (QED) is 0.668. The van der Waals surface area contributed by atoms with Crippen LogP contribution in [0.5, 0.6) is 0 Å². The molecule has 3 heterocycles. The molecule has 0 amide bonds. The van der Waals surface area contributed by atoms with Crippen molar-refractivity contribution < 1.29 is 5.11 Å². The largest absolute Gasteiger partial charge is 0.393 e. The molecule has 1 N–H and O–H groups in total. The lowest BCUT2D eigenvalue weighted by atomic mass is 9.82. The summed E-state index contributed by atoms with van der Waals surface area (Å²) in [6.45, 7) is 5.91. The zero-order chi connectivity index (χ0) is 17.6. The molecule has 0 radical (unpaired) electrons. The van der Waals surface area contributed by atoms with Crippen LogP contribution < -0.4 is 5.01 Å². The van der Waals surface area contributed by atoms with Crippen LogP contribution in [0.15, 0.2) is 29.8 Å². The highest BCUT2D eigenvalue weighted by Gasteiger charge is 2.32. The summed E-state index contributed by atoms with van der Waals surface area (Å²) in [4.78, 5) is 15.6. The van der Waals surface area contributed by atoms with Crippen LogP contribution >= 0.6 is 0 Å². The molecule has 4 rings (SSSR count). The standard InChI is InChI=1S/C18H23N5O2/c1-18(2)8-16-15(9-20-23(16)11-18)13-3-4-19-17(7-13)22(21-25)10-12-5-14(24)6-12/h3-4,7,9,12,14,24H,5-6,8,10-11H2,1-2H3/t12-,14+. The van der Waals surface area contributed by atoms with Crippen LogP contribution in [-0.2, 0) is 13.0 Å². The molecule has 2 aliphatic rings. The molecule has 2 aromatic heterocycles. The molecule has 1 saturated carbocycles. The normalized spacial score (nSPS) is 23.8. The van der Waals surface area contributed by atoms with Gasteiger partial charge in [-0.05, 0) is 48.3 Å². The molecule has 0 spiro atoms. The van der Waals surface area contributed by atoms with E-state index in [1.165, 1.54) is 10.7 Å². The maximum Gasteiger partial charge on any atom is 0.152 e. The fourth-order valence-corrected chi connectivity index (χ4v) is 3.88. The van der Waals surface area contributed by atoms with Gasteiger partial charge in [-0.25, -0.2) is 9.99 Å². The fourth-order valence-electron chi connectivity index (χ4n) is 3.88. The Kier molecular flexibility index (Phi) is 3.83. The summed E-state index contributed by atoms with van der Waals surface area (Å²) in [5.41, 5.74) is 3.55. The number of aliphatic hydroxyl groups is 1. The highest BCUT2D eigenvalue weighted by molar-refractivity contribution is 5.68. The second-order valence-electron chi connectivity index (χ2n) is 8.06. The van der Waals surface area contributed by atoms with Crippen LogP contribution in [0.2, 0.25) is 0 Å². The Morgan fingerprint density at radius 3 is 2.96 bits per heavy atom. The molecule has 0 unspecified atom stereocenters. The van der Waals surface area contributed by atoms with Crippen molar-refractivity contribution in [1.29, 1.82) is 0 Å². The number of anilines is 1. The smallest absolute Gasteiger partial charge is 0.152 e. The summed E-state index contributed by atoms with van der Waals surface area (Å²) in [5.74, 6) is 0.838. The number of nitrogens with zero attached hydrogens (tertiary/aromatic N) is 5. The molecule has 7 nitrogen and oxygen atoms in total. The molecule has 0 atom stereocenters. The summed E-state index contributed by atoms with van der Waals surface area (Å²) in [6, 6.07) is 3.85. The Hall–Kier alpha value is -2.28. The lowest BCUT2D eigenvalue weighted by Gasteiger charge is -2.33. The van der Waals surface area contributed by atoms with Crippen LogP contribution in [0.4, 0.5) is 5.82 Å². The number of hydrogen-bond donors (Lipinski definition) is 1. The lowest BCUT2D eigenvalue weighted by Crippen LogP contribution is -2.36. The predicted molar refractivity (Wildman–Crippen MR) is 94.8 cm³/mol. The van der Waals surface area contributed by atoms with E-state index >= 15 is 0 Å². The van der Waals surface area contributed by atoms with E-state index in [0.29, 0.717) is 18.3 Å². The Bertz CT molecular complexity index is 795. The van der Waals surface area contributed by atoms with Crippen molar-refractivity contribution in [3.05, 3.63) is 35.1 Å². The van der Waals surface area contributed by atoms with Crippen molar-refractivity contribution in [2.24, 2.45) is 16.6 Å². The lowest BCUT2D eigenvalue weighted by molar-refractivity contribution is 0.0460. The number of nitroso groups, excluding NO2 is 1. The average molecular weight is 341 g/mol. The van der Waals surface area contributed by atoms with Gasteiger partial charge in [0.1, 0.15) is 0 Å². The SMILES string of the molecule is CC1(C)Cc2c(-c3ccnc(N(C[C@H]4C[C@@H](O)C4)N=O)c3)cnn2C1. The van der Waals surface area contributed by atoms with Crippen LogP contribution in [0.25, 0.3) is 11.1 Å². The van der Waals surface area contributed by atoms with Crippen molar-refractivity contribution >= 4 is 5.82 Å². The minimum Gasteiger partial charge on any atom is -0.393 e. The van der Waals surface area contributed by atoms with Gasteiger partial charge >= 0.3 is 0 Å². The molecule has 7 heteroatoms. The highest BCUT2D eigenvalue weighted by atomic mass is 16.3. The zero-order valence-corrected chi connectivity index (χ0v) is 14.6. The van der Waals surface area contributed by atoms with Crippen molar-refractivity contribution in [1.82, 2.24) is 14.8 Å². The van der Waals surface area contributed by atoms with Gasteiger partial charge < -0.3 is 5.11 Å². The van der Waals surface area contributed by atoms with Gasteiger partial charge in [0.15, 0.2) is 5.82 Å². The summed E-state index contributed by atoms with van der Waals surface area (Å²) >= 11 is 0.